The zero-order chi connectivity index (χ0) is 15.0. The minimum Gasteiger partial charge on any atom is -0.428 e. The summed E-state index contributed by atoms with van der Waals surface area (Å²) >= 11 is 4.64. The van der Waals surface area contributed by atoms with Crippen LogP contribution in [0.15, 0.2) is 18.2 Å². The molecule has 0 spiro atoms. The Kier molecular flexibility index (Phi) is 4.58. The Morgan fingerprint density at radius 3 is 2.55 bits per heavy atom. The van der Waals surface area contributed by atoms with Crippen LogP contribution in [0.2, 0.25) is 0 Å². The van der Waals surface area contributed by atoms with Crippen LogP contribution >= 0.6 is 12.6 Å². The van der Waals surface area contributed by atoms with Crippen molar-refractivity contribution in [3.05, 3.63) is 29.3 Å². The van der Waals surface area contributed by atoms with Crippen LogP contribution in [0.5, 0.6) is 0 Å². The average molecular weight is 291 g/mol. The minimum atomic E-state index is -0.258. The number of nitrogens with zero attached hydrogens (tertiary/aromatic N) is 1. The first-order valence-electron chi connectivity index (χ1n) is 7.34. The number of hydrogen-bond donors (Lipinski definition) is 1. The van der Waals surface area contributed by atoms with Crippen molar-refractivity contribution in [2.75, 3.05) is 13.6 Å². The van der Waals surface area contributed by atoms with E-state index in [1.54, 1.807) is 0 Å². The normalized spacial score (nSPS) is 16.9. The number of benzene rings is 1. The predicted molar refractivity (Wildman–Crippen MR) is 91.5 cm³/mol. The second-order valence-electron chi connectivity index (χ2n) is 6.95. The van der Waals surface area contributed by atoms with Crippen LogP contribution in [0.3, 0.4) is 0 Å². The molecule has 20 heavy (non-hydrogen) atoms. The van der Waals surface area contributed by atoms with Crippen LogP contribution in [-0.4, -0.2) is 36.3 Å². The molecule has 1 aromatic rings. The average Bonchev–Trinajstić information content (AvgIpc) is 2.35. The van der Waals surface area contributed by atoms with Gasteiger partial charge in [-0.1, -0.05) is 23.7 Å². The predicted octanol–water partition coefficient (Wildman–Crippen LogP) is 2.15. The molecule has 1 aromatic carbocycles. The van der Waals surface area contributed by atoms with E-state index in [1.165, 1.54) is 16.6 Å². The SMILES string of the molecule is CN1CCc2cc(BOC(C)(C)C(C)(C)S)ccc2C1. The lowest BCUT2D eigenvalue weighted by Gasteiger charge is -2.38. The zero-order valence-corrected chi connectivity index (χ0v) is 14.3. The Labute approximate surface area is 129 Å². The molecule has 2 rings (SSSR count). The molecule has 0 aromatic heterocycles. The first-order valence-corrected chi connectivity index (χ1v) is 7.79. The molecule has 0 unspecified atom stereocenters. The first-order chi connectivity index (χ1) is 9.19. The van der Waals surface area contributed by atoms with E-state index in [9.17, 15) is 0 Å². The third-order valence-electron chi connectivity index (χ3n) is 4.55. The summed E-state index contributed by atoms with van der Waals surface area (Å²) in [6.07, 6.45) is 1.14. The van der Waals surface area contributed by atoms with Crippen molar-refractivity contribution in [3.63, 3.8) is 0 Å². The van der Waals surface area contributed by atoms with Gasteiger partial charge < -0.3 is 9.55 Å². The largest absolute Gasteiger partial charge is 0.428 e. The van der Waals surface area contributed by atoms with Crippen molar-refractivity contribution >= 4 is 25.6 Å². The quantitative estimate of drug-likeness (QED) is 0.674. The molecule has 4 heteroatoms. The molecule has 0 fully saturated rings. The highest BCUT2D eigenvalue weighted by Crippen LogP contribution is 2.30. The van der Waals surface area contributed by atoms with Gasteiger partial charge in [-0.3, -0.25) is 0 Å². The van der Waals surface area contributed by atoms with Crippen molar-refractivity contribution in [1.29, 1.82) is 0 Å². The fraction of sp³-hybridized carbons (Fsp3) is 0.625. The summed E-state index contributed by atoms with van der Waals surface area (Å²) < 4.78 is 5.94. The number of rotatable bonds is 4. The van der Waals surface area contributed by atoms with E-state index in [2.05, 4.69) is 70.5 Å². The summed E-state index contributed by atoms with van der Waals surface area (Å²) in [5.41, 5.74) is 3.94. The molecule has 0 N–H and O–H groups in total. The van der Waals surface area contributed by atoms with Gasteiger partial charge in [-0.15, -0.1) is 0 Å². The Balaban J connectivity index is 2.05. The molecule has 0 saturated heterocycles. The Morgan fingerprint density at radius 1 is 1.20 bits per heavy atom. The molecular formula is C16H26BNOS. The van der Waals surface area contributed by atoms with E-state index in [0.717, 1.165) is 19.5 Å². The summed E-state index contributed by atoms with van der Waals surface area (Å²) in [6, 6.07) is 6.76. The molecule has 0 atom stereocenters. The van der Waals surface area contributed by atoms with Crippen molar-refractivity contribution in [3.8, 4) is 0 Å². The van der Waals surface area contributed by atoms with Gasteiger partial charge in [-0.2, -0.15) is 12.6 Å². The van der Waals surface area contributed by atoms with E-state index in [0.29, 0.717) is 7.48 Å². The molecule has 1 aliphatic rings. The summed E-state index contributed by atoms with van der Waals surface area (Å²) in [4.78, 5) is 2.37. The summed E-state index contributed by atoms with van der Waals surface area (Å²) in [5, 5.41) is 0. The molecule has 0 amide bonds. The molecule has 2 nitrogen and oxygen atoms in total. The maximum absolute atomic E-state index is 6.11. The first kappa shape index (κ1) is 15.9. The van der Waals surface area contributed by atoms with Gasteiger partial charge in [-0.05, 0) is 52.3 Å². The fourth-order valence-electron chi connectivity index (χ4n) is 2.28. The second kappa shape index (κ2) is 5.74. The molecule has 1 heterocycles. The van der Waals surface area contributed by atoms with Crippen LogP contribution in [0.1, 0.15) is 38.8 Å². The molecule has 0 bridgehead atoms. The van der Waals surface area contributed by atoms with Crippen LogP contribution < -0.4 is 5.46 Å². The Bertz CT molecular complexity index is 482. The number of thiol groups is 1. The third kappa shape index (κ3) is 3.60. The lowest BCUT2D eigenvalue weighted by molar-refractivity contribution is 0.0854. The highest BCUT2D eigenvalue weighted by molar-refractivity contribution is 7.81. The highest BCUT2D eigenvalue weighted by Gasteiger charge is 2.34. The molecule has 1 aliphatic heterocycles. The van der Waals surface area contributed by atoms with Crippen molar-refractivity contribution in [2.45, 2.75) is 51.0 Å². The van der Waals surface area contributed by atoms with Crippen LogP contribution in [-0.2, 0) is 17.6 Å². The lowest BCUT2D eigenvalue weighted by atomic mass is 9.81. The summed E-state index contributed by atoms with van der Waals surface area (Å²) in [6.45, 7) is 10.6. The van der Waals surface area contributed by atoms with Crippen molar-refractivity contribution in [2.24, 2.45) is 0 Å². The topological polar surface area (TPSA) is 12.5 Å². The highest BCUT2D eigenvalue weighted by atomic mass is 32.1. The zero-order valence-electron chi connectivity index (χ0n) is 13.4. The molecule has 0 radical (unpaired) electrons. The van der Waals surface area contributed by atoms with Gasteiger partial charge >= 0.3 is 7.48 Å². The van der Waals surface area contributed by atoms with Gasteiger partial charge in [0.2, 0.25) is 0 Å². The molecule has 0 saturated carbocycles. The van der Waals surface area contributed by atoms with E-state index in [-0.39, 0.29) is 10.3 Å². The lowest BCUT2D eigenvalue weighted by Crippen LogP contribution is -2.45. The van der Waals surface area contributed by atoms with Gasteiger partial charge in [-0.25, -0.2) is 0 Å². The monoisotopic (exact) mass is 291 g/mol. The van der Waals surface area contributed by atoms with Crippen molar-refractivity contribution in [1.82, 2.24) is 4.90 Å². The van der Waals surface area contributed by atoms with E-state index in [4.69, 9.17) is 4.65 Å². The smallest absolute Gasteiger partial charge is 0.309 e. The Morgan fingerprint density at radius 2 is 1.90 bits per heavy atom. The van der Waals surface area contributed by atoms with E-state index < -0.39 is 0 Å². The number of likely N-dealkylation sites (N-methyl/N-ethyl adjacent to an activating group) is 1. The van der Waals surface area contributed by atoms with E-state index in [1.807, 2.05) is 0 Å². The maximum Gasteiger partial charge on any atom is 0.309 e. The van der Waals surface area contributed by atoms with Crippen molar-refractivity contribution < 1.29 is 4.65 Å². The van der Waals surface area contributed by atoms with Gasteiger partial charge in [0.25, 0.3) is 0 Å². The van der Waals surface area contributed by atoms with Crippen LogP contribution in [0.4, 0.5) is 0 Å². The van der Waals surface area contributed by atoms with Crippen LogP contribution in [0, 0.1) is 0 Å². The van der Waals surface area contributed by atoms with E-state index >= 15 is 0 Å². The second-order valence-corrected chi connectivity index (χ2v) is 8.07. The fourth-order valence-corrected chi connectivity index (χ4v) is 2.34. The maximum atomic E-state index is 6.11. The molecular weight excluding hydrogens is 265 g/mol. The molecule has 110 valence electrons. The third-order valence-corrected chi connectivity index (χ3v) is 5.09. The summed E-state index contributed by atoms with van der Waals surface area (Å²) in [5.74, 6) is 0. The number of fused-ring (bicyclic) bond motifs is 1. The van der Waals surface area contributed by atoms with Gasteiger partial charge in [0.05, 0.1) is 5.60 Å². The standard InChI is InChI=1S/C16H26BNOS/c1-15(2,16(3,4)20)19-17-14-7-6-13-11-18(5)9-8-12(13)10-14/h6-7,10,17,20H,8-9,11H2,1-5H3. The number of hydrogen-bond acceptors (Lipinski definition) is 3. The van der Waals surface area contributed by atoms with Crippen LogP contribution in [0.25, 0.3) is 0 Å². The van der Waals surface area contributed by atoms with Gasteiger partial charge in [0, 0.05) is 17.8 Å². The van der Waals surface area contributed by atoms with Gasteiger partial charge in [0.1, 0.15) is 0 Å². The van der Waals surface area contributed by atoms with Gasteiger partial charge in [0.15, 0.2) is 0 Å². The molecule has 0 aliphatic carbocycles. The Hall–Kier alpha value is -0.445. The summed E-state index contributed by atoms with van der Waals surface area (Å²) in [7, 11) is 2.83. The minimum absolute atomic E-state index is 0.163.